The fraction of sp³-hybridized carbons (Fsp3) is 0.286. The first kappa shape index (κ1) is 21.3. The second-order valence-electron chi connectivity index (χ2n) is 6.99. The van der Waals surface area contributed by atoms with Gasteiger partial charge >= 0.3 is 6.18 Å². The molecule has 0 unspecified atom stereocenters. The fourth-order valence-electron chi connectivity index (χ4n) is 3.13. The van der Waals surface area contributed by atoms with Crippen LogP contribution in [0, 0.1) is 11.3 Å². The molecular formula is C21H20F3N5O. The van der Waals surface area contributed by atoms with Crippen molar-refractivity contribution in [2.24, 2.45) is 0 Å². The van der Waals surface area contributed by atoms with E-state index in [2.05, 4.69) is 10.3 Å². The van der Waals surface area contributed by atoms with Gasteiger partial charge in [-0.15, -0.1) is 0 Å². The van der Waals surface area contributed by atoms with Gasteiger partial charge in [-0.2, -0.15) is 18.4 Å². The van der Waals surface area contributed by atoms with Crippen LogP contribution in [0.1, 0.15) is 17.7 Å². The molecule has 0 radical (unpaired) electrons. The summed E-state index contributed by atoms with van der Waals surface area (Å²) in [7, 11) is 3.83. The van der Waals surface area contributed by atoms with E-state index in [4.69, 9.17) is 0 Å². The van der Waals surface area contributed by atoms with Crippen LogP contribution >= 0.6 is 0 Å². The third-order valence-corrected chi connectivity index (χ3v) is 4.52. The molecule has 9 heteroatoms. The number of para-hydroxylation sites is 1. The van der Waals surface area contributed by atoms with Crippen LogP contribution in [0.3, 0.4) is 0 Å². The first-order valence-corrected chi connectivity index (χ1v) is 9.25. The molecule has 0 amide bonds. The highest BCUT2D eigenvalue weighted by molar-refractivity contribution is 5.93. The fourth-order valence-corrected chi connectivity index (χ4v) is 3.13. The Balaban J connectivity index is 2.27. The second kappa shape index (κ2) is 8.55. The molecule has 0 saturated carbocycles. The van der Waals surface area contributed by atoms with Crippen LogP contribution in [0.25, 0.3) is 16.7 Å². The molecule has 0 saturated heterocycles. The standard InChI is InChI=1S/C21H20F3N5O/c1-28(2)12-6-11-26-18-15-9-10-17(21(22,23)24)27-19(15)29(20(30)16(18)13-25)14-7-4-3-5-8-14/h3-5,7-10,26H,6,11-12H2,1-2H3. The molecule has 0 bridgehead atoms. The highest BCUT2D eigenvalue weighted by Gasteiger charge is 2.33. The molecule has 2 heterocycles. The van der Waals surface area contributed by atoms with Gasteiger partial charge in [0.25, 0.3) is 5.56 Å². The third-order valence-electron chi connectivity index (χ3n) is 4.52. The number of hydrogen-bond donors (Lipinski definition) is 1. The predicted octanol–water partition coefficient (Wildman–Crippen LogP) is 3.64. The van der Waals surface area contributed by atoms with E-state index in [1.807, 2.05) is 25.1 Å². The molecule has 0 spiro atoms. The first-order chi connectivity index (χ1) is 14.2. The molecule has 0 aliphatic carbocycles. The van der Waals surface area contributed by atoms with Crippen LogP contribution in [-0.2, 0) is 6.18 Å². The molecule has 1 aromatic carbocycles. The van der Waals surface area contributed by atoms with Gasteiger partial charge in [0, 0.05) is 11.9 Å². The van der Waals surface area contributed by atoms with Crippen molar-refractivity contribution in [3.8, 4) is 11.8 Å². The molecule has 30 heavy (non-hydrogen) atoms. The lowest BCUT2D eigenvalue weighted by molar-refractivity contribution is -0.141. The maximum absolute atomic E-state index is 13.3. The SMILES string of the molecule is CN(C)CCCNc1c(C#N)c(=O)n(-c2ccccc2)c2nc(C(F)(F)F)ccc12. The van der Waals surface area contributed by atoms with E-state index in [0.29, 0.717) is 12.2 Å². The Labute approximate surface area is 171 Å². The summed E-state index contributed by atoms with van der Waals surface area (Å²) in [4.78, 5) is 18.8. The summed E-state index contributed by atoms with van der Waals surface area (Å²) in [5, 5.41) is 13.0. The highest BCUT2D eigenvalue weighted by atomic mass is 19.4. The van der Waals surface area contributed by atoms with Gasteiger partial charge in [0.05, 0.1) is 11.4 Å². The van der Waals surface area contributed by atoms with E-state index in [1.54, 1.807) is 30.3 Å². The molecule has 6 nitrogen and oxygen atoms in total. The average Bonchev–Trinajstić information content (AvgIpc) is 2.70. The summed E-state index contributed by atoms with van der Waals surface area (Å²) in [6.07, 6.45) is -3.95. The Bertz CT molecular complexity index is 1150. The number of aromatic nitrogens is 2. The lowest BCUT2D eigenvalue weighted by Crippen LogP contribution is -2.25. The predicted molar refractivity (Wildman–Crippen MR) is 109 cm³/mol. The number of benzene rings is 1. The number of halogens is 3. The molecular weight excluding hydrogens is 395 g/mol. The zero-order chi connectivity index (χ0) is 21.9. The largest absolute Gasteiger partial charge is 0.433 e. The number of rotatable bonds is 6. The minimum Gasteiger partial charge on any atom is -0.383 e. The van der Waals surface area contributed by atoms with E-state index < -0.39 is 17.4 Å². The maximum Gasteiger partial charge on any atom is 0.433 e. The van der Waals surface area contributed by atoms with Crippen molar-refractivity contribution in [2.45, 2.75) is 12.6 Å². The van der Waals surface area contributed by atoms with E-state index >= 15 is 0 Å². The number of anilines is 1. The Hall–Kier alpha value is -3.38. The maximum atomic E-state index is 13.3. The lowest BCUT2D eigenvalue weighted by atomic mass is 10.1. The van der Waals surface area contributed by atoms with Gasteiger partial charge in [0.2, 0.25) is 0 Å². The van der Waals surface area contributed by atoms with Crippen molar-refractivity contribution in [3.05, 3.63) is 64.1 Å². The smallest absolute Gasteiger partial charge is 0.383 e. The number of nitrogens with one attached hydrogen (secondary N) is 1. The van der Waals surface area contributed by atoms with Gasteiger partial charge < -0.3 is 10.2 Å². The van der Waals surface area contributed by atoms with E-state index in [9.17, 15) is 23.2 Å². The van der Waals surface area contributed by atoms with Crippen LogP contribution in [0.4, 0.5) is 18.9 Å². The van der Waals surface area contributed by atoms with Gasteiger partial charge in [-0.1, -0.05) is 18.2 Å². The van der Waals surface area contributed by atoms with Crippen LogP contribution in [-0.4, -0.2) is 41.6 Å². The van der Waals surface area contributed by atoms with Crippen molar-refractivity contribution in [1.82, 2.24) is 14.5 Å². The molecule has 156 valence electrons. The van der Waals surface area contributed by atoms with Gasteiger partial charge in [-0.05, 0) is 51.3 Å². The molecule has 1 N–H and O–H groups in total. The molecule has 2 aromatic heterocycles. The van der Waals surface area contributed by atoms with Crippen molar-refractivity contribution in [1.29, 1.82) is 5.26 Å². The van der Waals surface area contributed by atoms with Crippen LogP contribution < -0.4 is 10.9 Å². The van der Waals surface area contributed by atoms with Gasteiger partial charge in [-0.3, -0.25) is 9.36 Å². The first-order valence-electron chi connectivity index (χ1n) is 9.25. The van der Waals surface area contributed by atoms with Crippen molar-refractivity contribution >= 4 is 16.7 Å². The summed E-state index contributed by atoms with van der Waals surface area (Å²) in [6, 6.07) is 12.2. The molecule has 0 aliphatic heterocycles. The zero-order valence-electron chi connectivity index (χ0n) is 16.5. The number of nitrogens with zero attached hydrogens (tertiary/aromatic N) is 4. The Morgan fingerprint density at radius 1 is 1.17 bits per heavy atom. The number of pyridine rings is 2. The Morgan fingerprint density at radius 2 is 1.87 bits per heavy atom. The Kier molecular flexibility index (Phi) is 6.08. The Morgan fingerprint density at radius 3 is 2.47 bits per heavy atom. The number of hydrogen-bond acceptors (Lipinski definition) is 5. The van der Waals surface area contributed by atoms with Crippen LogP contribution in [0.2, 0.25) is 0 Å². The lowest BCUT2D eigenvalue weighted by Gasteiger charge is -2.17. The summed E-state index contributed by atoms with van der Waals surface area (Å²) < 4.78 is 40.9. The number of nitriles is 1. The highest BCUT2D eigenvalue weighted by Crippen LogP contribution is 2.32. The minimum absolute atomic E-state index is 0.157. The summed E-state index contributed by atoms with van der Waals surface area (Å²) in [6.45, 7) is 1.21. The average molecular weight is 415 g/mol. The van der Waals surface area contributed by atoms with Crippen molar-refractivity contribution in [2.75, 3.05) is 32.5 Å². The van der Waals surface area contributed by atoms with Crippen molar-refractivity contribution < 1.29 is 13.2 Å². The topological polar surface area (TPSA) is 74.0 Å². The van der Waals surface area contributed by atoms with Gasteiger partial charge in [0.1, 0.15) is 23.0 Å². The van der Waals surface area contributed by atoms with Crippen LogP contribution in [0.15, 0.2) is 47.3 Å². The third kappa shape index (κ3) is 4.28. The normalized spacial score (nSPS) is 11.6. The summed E-state index contributed by atoms with van der Waals surface area (Å²) >= 11 is 0. The monoisotopic (exact) mass is 415 g/mol. The summed E-state index contributed by atoms with van der Waals surface area (Å²) in [5.41, 5.74) is -1.63. The molecule has 0 aliphatic rings. The molecule has 0 atom stereocenters. The number of alkyl halides is 3. The molecule has 0 fully saturated rings. The minimum atomic E-state index is -4.67. The van der Waals surface area contributed by atoms with E-state index in [1.165, 1.54) is 6.07 Å². The van der Waals surface area contributed by atoms with E-state index in [0.717, 1.165) is 23.6 Å². The van der Waals surface area contributed by atoms with E-state index in [-0.39, 0.29) is 22.3 Å². The number of fused-ring (bicyclic) bond motifs is 1. The van der Waals surface area contributed by atoms with Gasteiger partial charge in [0.15, 0.2) is 0 Å². The molecule has 3 aromatic rings. The zero-order valence-corrected chi connectivity index (χ0v) is 16.5. The quantitative estimate of drug-likeness (QED) is 0.623. The van der Waals surface area contributed by atoms with Crippen LogP contribution in [0.5, 0.6) is 0 Å². The van der Waals surface area contributed by atoms with Gasteiger partial charge in [-0.25, -0.2) is 4.98 Å². The second-order valence-corrected chi connectivity index (χ2v) is 6.99. The summed E-state index contributed by atoms with van der Waals surface area (Å²) in [5.74, 6) is 0. The van der Waals surface area contributed by atoms with Crippen molar-refractivity contribution in [3.63, 3.8) is 0 Å². The molecule has 3 rings (SSSR count).